The standard InChI is InChI=1S/C21H29N7.HI/c1-4-22-21(23-11-7-13-27-14-8-12-25-27)24-16-19-9-5-6-10-20(19)28-18(3)15-17(2)26-28;/h5-6,8-10,12,14-15H,4,7,11,13,16H2,1-3H3,(H2,22,23,24);1H. The minimum absolute atomic E-state index is 0. The molecule has 1 aromatic carbocycles. The van der Waals surface area contributed by atoms with Crippen molar-refractivity contribution in [1.29, 1.82) is 0 Å². The normalized spacial score (nSPS) is 11.2. The maximum atomic E-state index is 4.77. The minimum atomic E-state index is 0. The number of para-hydroxylation sites is 1. The summed E-state index contributed by atoms with van der Waals surface area (Å²) in [4.78, 5) is 4.77. The van der Waals surface area contributed by atoms with Crippen LogP contribution in [0.4, 0.5) is 0 Å². The largest absolute Gasteiger partial charge is 0.357 e. The third-order valence-corrected chi connectivity index (χ3v) is 4.40. The van der Waals surface area contributed by atoms with Crippen LogP contribution >= 0.6 is 24.0 Å². The molecule has 8 heteroatoms. The smallest absolute Gasteiger partial charge is 0.191 e. The van der Waals surface area contributed by atoms with Crippen molar-refractivity contribution in [3.8, 4) is 5.69 Å². The monoisotopic (exact) mass is 507 g/mol. The van der Waals surface area contributed by atoms with Gasteiger partial charge in [0.05, 0.1) is 17.9 Å². The van der Waals surface area contributed by atoms with E-state index in [1.54, 1.807) is 6.20 Å². The number of benzene rings is 1. The van der Waals surface area contributed by atoms with E-state index in [4.69, 9.17) is 4.99 Å². The molecule has 0 aliphatic rings. The van der Waals surface area contributed by atoms with Gasteiger partial charge >= 0.3 is 0 Å². The van der Waals surface area contributed by atoms with Crippen LogP contribution in [0.15, 0.2) is 53.8 Å². The van der Waals surface area contributed by atoms with Crippen LogP contribution in [0, 0.1) is 13.8 Å². The van der Waals surface area contributed by atoms with Gasteiger partial charge in [0.2, 0.25) is 0 Å². The number of nitrogens with one attached hydrogen (secondary N) is 2. The lowest BCUT2D eigenvalue weighted by Crippen LogP contribution is -2.38. The van der Waals surface area contributed by atoms with Crippen molar-refractivity contribution in [1.82, 2.24) is 30.2 Å². The minimum Gasteiger partial charge on any atom is -0.357 e. The summed E-state index contributed by atoms with van der Waals surface area (Å²) in [6.45, 7) is 9.30. The summed E-state index contributed by atoms with van der Waals surface area (Å²) >= 11 is 0. The summed E-state index contributed by atoms with van der Waals surface area (Å²) in [6, 6.07) is 12.3. The first-order chi connectivity index (χ1) is 13.7. The first-order valence-electron chi connectivity index (χ1n) is 9.78. The van der Waals surface area contributed by atoms with Crippen molar-refractivity contribution in [2.24, 2.45) is 4.99 Å². The number of aliphatic imine (C=N–C) groups is 1. The predicted molar refractivity (Wildman–Crippen MR) is 128 cm³/mol. The zero-order chi connectivity index (χ0) is 19.8. The number of halogens is 1. The third kappa shape index (κ3) is 6.59. The Morgan fingerprint density at radius 1 is 1.14 bits per heavy atom. The summed E-state index contributed by atoms with van der Waals surface area (Å²) in [7, 11) is 0. The van der Waals surface area contributed by atoms with Crippen LogP contribution in [0.3, 0.4) is 0 Å². The van der Waals surface area contributed by atoms with Crippen LogP contribution < -0.4 is 10.6 Å². The van der Waals surface area contributed by atoms with E-state index in [0.29, 0.717) is 6.54 Å². The molecule has 0 spiro atoms. The summed E-state index contributed by atoms with van der Waals surface area (Å²) in [5, 5.41) is 15.6. The van der Waals surface area contributed by atoms with Crippen molar-refractivity contribution in [2.75, 3.05) is 13.1 Å². The molecule has 3 aromatic rings. The molecule has 0 saturated carbocycles. The van der Waals surface area contributed by atoms with Gasteiger partial charge in [0, 0.05) is 37.7 Å². The fourth-order valence-corrected chi connectivity index (χ4v) is 3.11. The van der Waals surface area contributed by atoms with E-state index >= 15 is 0 Å². The average Bonchev–Trinajstić information content (AvgIpc) is 3.32. The Balaban J connectivity index is 0.00000300. The van der Waals surface area contributed by atoms with Gasteiger partial charge in [-0.1, -0.05) is 18.2 Å². The van der Waals surface area contributed by atoms with Crippen molar-refractivity contribution < 1.29 is 0 Å². The summed E-state index contributed by atoms with van der Waals surface area (Å²) < 4.78 is 3.93. The highest BCUT2D eigenvalue weighted by molar-refractivity contribution is 14.0. The van der Waals surface area contributed by atoms with Gasteiger partial charge in [-0.3, -0.25) is 4.68 Å². The lowest BCUT2D eigenvalue weighted by molar-refractivity contribution is 0.570. The molecular weight excluding hydrogens is 477 g/mol. The van der Waals surface area contributed by atoms with E-state index in [0.717, 1.165) is 54.7 Å². The molecule has 0 atom stereocenters. The van der Waals surface area contributed by atoms with Gasteiger partial charge in [0.25, 0.3) is 0 Å². The number of nitrogens with zero attached hydrogens (tertiary/aromatic N) is 5. The van der Waals surface area contributed by atoms with E-state index in [-0.39, 0.29) is 24.0 Å². The zero-order valence-electron chi connectivity index (χ0n) is 17.3. The molecule has 156 valence electrons. The van der Waals surface area contributed by atoms with Crippen LogP contribution in [-0.4, -0.2) is 38.6 Å². The van der Waals surface area contributed by atoms with Crippen LogP contribution in [0.5, 0.6) is 0 Å². The molecule has 3 rings (SSSR count). The lowest BCUT2D eigenvalue weighted by Gasteiger charge is -2.13. The second kappa shape index (κ2) is 11.6. The van der Waals surface area contributed by atoms with Crippen molar-refractivity contribution >= 4 is 29.9 Å². The van der Waals surface area contributed by atoms with Crippen LogP contribution in [-0.2, 0) is 13.1 Å². The van der Waals surface area contributed by atoms with Gasteiger partial charge in [-0.05, 0) is 51.0 Å². The van der Waals surface area contributed by atoms with Crippen LogP contribution in [0.2, 0.25) is 0 Å². The summed E-state index contributed by atoms with van der Waals surface area (Å²) in [5.74, 6) is 0.825. The van der Waals surface area contributed by atoms with Gasteiger partial charge in [-0.25, -0.2) is 9.67 Å². The van der Waals surface area contributed by atoms with Gasteiger partial charge in [-0.2, -0.15) is 10.2 Å². The SMILES string of the molecule is CCNC(=NCc1ccccc1-n1nc(C)cc1C)NCCCn1cccn1.I. The Morgan fingerprint density at radius 3 is 2.66 bits per heavy atom. The van der Waals surface area contributed by atoms with Crippen molar-refractivity contribution in [3.63, 3.8) is 0 Å². The fraction of sp³-hybridized carbons (Fsp3) is 0.381. The molecule has 0 radical (unpaired) electrons. The number of hydrogen-bond acceptors (Lipinski definition) is 3. The first kappa shape index (κ1) is 22.9. The van der Waals surface area contributed by atoms with E-state index in [1.165, 1.54) is 0 Å². The Kier molecular flexibility index (Phi) is 9.17. The number of rotatable bonds is 8. The molecule has 29 heavy (non-hydrogen) atoms. The molecule has 0 amide bonds. The predicted octanol–water partition coefficient (Wildman–Crippen LogP) is 3.45. The highest BCUT2D eigenvalue weighted by Gasteiger charge is 2.08. The molecule has 0 fully saturated rings. The Bertz CT molecular complexity index is 900. The average molecular weight is 507 g/mol. The number of aryl methyl sites for hydroxylation is 3. The Labute approximate surface area is 189 Å². The molecule has 0 unspecified atom stereocenters. The highest BCUT2D eigenvalue weighted by Crippen LogP contribution is 2.17. The first-order valence-corrected chi connectivity index (χ1v) is 9.78. The lowest BCUT2D eigenvalue weighted by atomic mass is 10.2. The fourth-order valence-electron chi connectivity index (χ4n) is 3.11. The molecule has 0 bridgehead atoms. The molecular formula is C21H30IN7. The van der Waals surface area contributed by atoms with Crippen molar-refractivity contribution in [2.45, 2.75) is 40.3 Å². The zero-order valence-corrected chi connectivity index (χ0v) is 19.6. The Hall–Kier alpha value is -2.36. The molecule has 2 N–H and O–H groups in total. The van der Waals surface area contributed by atoms with Gasteiger partial charge in [0.1, 0.15) is 0 Å². The van der Waals surface area contributed by atoms with Gasteiger partial charge < -0.3 is 10.6 Å². The van der Waals surface area contributed by atoms with E-state index in [1.807, 2.05) is 40.7 Å². The van der Waals surface area contributed by atoms with Crippen LogP contribution in [0.25, 0.3) is 5.69 Å². The maximum absolute atomic E-state index is 4.77. The molecule has 0 saturated heterocycles. The van der Waals surface area contributed by atoms with E-state index < -0.39 is 0 Å². The molecule has 7 nitrogen and oxygen atoms in total. The van der Waals surface area contributed by atoms with Gasteiger partial charge in [-0.15, -0.1) is 24.0 Å². The van der Waals surface area contributed by atoms with E-state index in [2.05, 4.69) is 52.9 Å². The Morgan fingerprint density at radius 2 is 1.97 bits per heavy atom. The topological polar surface area (TPSA) is 72.1 Å². The molecule has 2 aromatic heterocycles. The second-order valence-electron chi connectivity index (χ2n) is 6.71. The van der Waals surface area contributed by atoms with E-state index in [9.17, 15) is 0 Å². The third-order valence-electron chi connectivity index (χ3n) is 4.40. The number of hydrogen-bond donors (Lipinski definition) is 2. The summed E-state index contributed by atoms with van der Waals surface area (Å²) in [5.41, 5.74) is 4.36. The highest BCUT2D eigenvalue weighted by atomic mass is 127. The van der Waals surface area contributed by atoms with Crippen LogP contribution in [0.1, 0.15) is 30.3 Å². The quantitative estimate of drug-likeness (QED) is 0.212. The molecule has 0 aliphatic heterocycles. The number of guanidine groups is 1. The molecule has 2 heterocycles. The summed E-state index contributed by atoms with van der Waals surface area (Å²) in [6.07, 6.45) is 4.77. The second-order valence-corrected chi connectivity index (χ2v) is 6.71. The number of aromatic nitrogens is 4. The maximum Gasteiger partial charge on any atom is 0.191 e. The molecule has 0 aliphatic carbocycles. The van der Waals surface area contributed by atoms with Crippen molar-refractivity contribution in [3.05, 3.63) is 65.7 Å². The van der Waals surface area contributed by atoms with Gasteiger partial charge in [0.15, 0.2) is 5.96 Å².